The molecule has 114 valence electrons. The summed E-state index contributed by atoms with van der Waals surface area (Å²) in [4.78, 5) is 8.57. The molecule has 0 saturated heterocycles. The Morgan fingerprint density at radius 1 is 1.35 bits per heavy atom. The molecule has 6 heteroatoms. The molecule has 1 aromatic heterocycles. The largest absolute Gasteiger partial charge is 0.356 e. The van der Waals surface area contributed by atoms with Crippen LogP contribution in [-0.2, 0) is 6.54 Å². The van der Waals surface area contributed by atoms with E-state index < -0.39 is 0 Å². The van der Waals surface area contributed by atoms with Crippen LogP contribution in [0.4, 0.5) is 0 Å². The van der Waals surface area contributed by atoms with Gasteiger partial charge in [0.25, 0.3) is 0 Å². The van der Waals surface area contributed by atoms with Gasteiger partial charge in [0.15, 0.2) is 5.96 Å². The summed E-state index contributed by atoms with van der Waals surface area (Å²) in [5.41, 5.74) is 2.26. The van der Waals surface area contributed by atoms with Crippen LogP contribution in [0, 0.1) is 6.92 Å². The second-order valence-electron chi connectivity index (χ2n) is 4.32. The summed E-state index contributed by atoms with van der Waals surface area (Å²) in [5, 5.41) is 6.61. The Bertz CT molecular complexity index is 399. The number of pyridine rings is 1. The highest BCUT2D eigenvalue weighted by atomic mass is 127. The van der Waals surface area contributed by atoms with Crippen molar-refractivity contribution in [3.8, 4) is 0 Å². The first-order chi connectivity index (χ1) is 9.27. The van der Waals surface area contributed by atoms with Gasteiger partial charge in [-0.1, -0.05) is 6.07 Å². The van der Waals surface area contributed by atoms with Crippen molar-refractivity contribution in [3.05, 3.63) is 29.6 Å². The third kappa shape index (κ3) is 7.94. The van der Waals surface area contributed by atoms with E-state index in [2.05, 4.69) is 39.9 Å². The first-order valence-corrected chi connectivity index (χ1v) is 8.01. The van der Waals surface area contributed by atoms with Gasteiger partial charge in [-0.25, -0.2) is 0 Å². The number of aromatic nitrogens is 1. The maximum absolute atomic E-state index is 4.36. The number of nitrogens with one attached hydrogen (secondary N) is 2. The third-order valence-corrected chi connectivity index (χ3v) is 3.53. The lowest BCUT2D eigenvalue weighted by Gasteiger charge is -2.12. The maximum Gasteiger partial charge on any atom is 0.191 e. The Morgan fingerprint density at radius 3 is 2.80 bits per heavy atom. The number of halogens is 1. The van der Waals surface area contributed by atoms with E-state index in [1.807, 2.05) is 24.0 Å². The van der Waals surface area contributed by atoms with Crippen LogP contribution in [0.3, 0.4) is 0 Å². The van der Waals surface area contributed by atoms with Crippen LogP contribution in [-0.4, -0.2) is 36.5 Å². The number of hydrogen-bond donors (Lipinski definition) is 2. The zero-order chi connectivity index (χ0) is 13.9. The van der Waals surface area contributed by atoms with Crippen LogP contribution >= 0.6 is 35.7 Å². The fourth-order valence-corrected chi connectivity index (χ4v) is 2.16. The van der Waals surface area contributed by atoms with E-state index in [9.17, 15) is 0 Å². The standard InChI is InChI=1S/C14H24N4S.HI/c1-12-7-6-9-16-13(12)11-18-14(15-2)17-8-4-5-10-19-3;/h6-7,9H,4-5,8,10-11H2,1-3H3,(H2,15,17,18);1H. The molecule has 1 rings (SSSR count). The number of unbranched alkanes of at least 4 members (excludes halogenated alkanes) is 1. The molecule has 1 heterocycles. The molecule has 0 unspecified atom stereocenters. The van der Waals surface area contributed by atoms with Gasteiger partial charge in [-0.15, -0.1) is 24.0 Å². The van der Waals surface area contributed by atoms with Crippen LogP contribution in [0.1, 0.15) is 24.1 Å². The average molecular weight is 408 g/mol. The van der Waals surface area contributed by atoms with Gasteiger partial charge in [0.1, 0.15) is 0 Å². The number of thioether (sulfide) groups is 1. The third-order valence-electron chi connectivity index (χ3n) is 2.83. The average Bonchev–Trinajstić information content (AvgIpc) is 2.43. The Labute approximate surface area is 143 Å². The molecule has 0 atom stereocenters. The van der Waals surface area contributed by atoms with E-state index in [-0.39, 0.29) is 24.0 Å². The van der Waals surface area contributed by atoms with E-state index in [1.54, 1.807) is 7.05 Å². The fourth-order valence-electron chi connectivity index (χ4n) is 1.67. The van der Waals surface area contributed by atoms with Crippen molar-refractivity contribution in [3.63, 3.8) is 0 Å². The van der Waals surface area contributed by atoms with Crippen LogP contribution in [0.15, 0.2) is 23.3 Å². The number of guanidine groups is 1. The molecular weight excluding hydrogens is 383 g/mol. The van der Waals surface area contributed by atoms with Crippen molar-refractivity contribution in [2.24, 2.45) is 4.99 Å². The van der Waals surface area contributed by atoms with E-state index in [1.165, 1.54) is 24.2 Å². The van der Waals surface area contributed by atoms with Gasteiger partial charge < -0.3 is 10.6 Å². The molecule has 0 spiro atoms. The normalized spacial score (nSPS) is 10.8. The minimum Gasteiger partial charge on any atom is -0.356 e. The first-order valence-electron chi connectivity index (χ1n) is 6.62. The summed E-state index contributed by atoms with van der Waals surface area (Å²) in [6.07, 6.45) is 6.38. The lowest BCUT2D eigenvalue weighted by Crippen LogP contribution is -2.37. The summed E-state index contributed by atoms with van der Waals surface area (Å²) in [6, 6.07) is 4.03. The molecule has 1 aromatic rings. The molecule has 4 nitrogen and oxygen atoms in total. The van der Waals surface area contributed by atoms with E-state index >= 15 is 0 Å². The molecule has 0 radical (unpaired) electrons. The van der Waals surface area contributed by atoms with Gasteiger partial charge in [-0.3, -0.25) is 9.98 Å². The lowest BCUT2D eigenvalue weighted by atomic mass is 10.2. The van der Waals surface area contributed by atoms with Gasteiger partial charge in [-0.05, 0) is 43.4 Å². The Balaban J connectivity index is 0.00000361. The van der Waals surface area contributed by atoms with E-state index in [0.717, 1.165) is 18.2 Å². The molecule has 0 bridgehead atoms. The highest BCUT2D eigenvalue weighted by Gasteiger charge is 2.01. The van der Waals surface area contributed by atoms with E-state index in [4.69, 9.17) is 0 Å². The number of hydrogen-bond acceptors (Lipinski definition) is 3. The second kappa shape index (κ2) is 12.3. The van der Waals surface area contributed by atoms with Crippen LogP contribution in [0.25, 0.3) is 0 Å². The number of aliphatic imine (C=N–C) groups is 1. The predicted molar refractivity (Wildman–Crippen MR) is 100 cm³/mol. The molecule has 0 saturated carbocycles. The molecule has 0 aliphatic rings. The summed E-state index contributed by atoms with van der Waals surface area (Å²) in [7, 11) is 1.79. The quantitative estimate of drug-likeness (QED) is 0.315. The highest BCUT2D eigenvalue weighted by Crippen LogP contribution is 2.02. The van der Waals surface area contributed by atoms with Crippen LogP contribution in [0.2, 0.25) is 0 Å². The molecule has 0 fully saturated rings. The fraction of sp³-hybridized carbons (Fsp3) is 0.571. The molecule has 0 aliphatic heterocycles. The zero-order valence-corrected chi connectivity index (χ0v) is 15.6. The highest BCUT2D eigenvalue weighted by molar-refractivity contribution is 14.0. The predicted octanol–water partition coefficient (Wildman–Crippen LogP) is 2.82. The first kappa shape index (κ1) is 19.5. The molecule has 2 N–H and O–H groups in total. The zero-order valence-electron chi connectivity index (χ0n) is 12.5. The summed E-state index contributed by atoms with van der Waals surface area (Å²) < 4.78 is 0. The topological polar surface area (TPSA) is 49.3 Å². The van der Waals surface area contributed by atoms with Gasteiger partial charge in [0.05, 0.1) is 12.2 Å². The van der Waals surface area contributed by atoms with Crippen LogP contribution < -0.4 is 10.6 Å². The Kier molecular flexibility index (Phi) is 12.0. The van der Waals surface area contributed by atoms with Gasteiger partial charge in [0.2, 0.25) is 0 Å². The molecule has 20 heavy (non-hydrogen) atoms. The van der Waals surface area contributed by atoms with Gasteiger partial charge >= 0.3 is 0 Å². The molecule has 0 aliphatic carbocycles. The lowest BCUT2D eigenvalue weighted by molar-refractivity contribution is 0.728. The van der Waals surface area contributed by atoms with Crippen molar-refractivity contribution in [2.75, 3.05) is 25.6 Å². The van der Waals surface area contributed by atoms with E-state index in [0.29, 0.717) is 6.54 Å². The van der Waals surface area contributed by atoms with Crippen molar-refractivity contribution >= 4 is 41.7 Å². The minimum absolute atomic E-state index is 0. The Morgan fingerprint density at radius 2 is 2.15 bits per heavy atom. The Hall–Kier alpha value is -0.500. The summed E-state index contributed by atoms with van der Waals surface area (Å²) in [6.45, 7) is 3.74. The van der Waals surface area contributed by atoms with Crippen molar-refractivity contribution < 1.29 is 0 Å². The minimum atomic E-state index is 0. The number of aryl methyl sites for hydroxylation is 1. The maximum atomic E-state index is 4.36. The molecular formula is C14H25IN4S. The van der Waals surface area contributed by atoms with Gasteiger partial charge in [-0.2, -0.15) is 11.8 Å². The number of rotatable bonds is 7. The second-order valence-corrected chi connectivity index (χ2v) is 5.31. The molecule has 0 aromatic carbocycles. The van der Waals surface area contributed by atoms with Crippen LogP contribution in [0.5, 0.6) is 0 Å². The smallest absolute Gasteiger partial charge is 0.191 e. The summed E-state index contributed by atoms with van der Waals surface area (Å²) >= 11 is 1.89. The monoisotopic (exact) mass is 408 g/mol. The molecule has 0 amide bonds. The van der Waals surface area contributed by atoms with Gasteiger partial charge in [0, 0.05) is 19.8 Å². The van der Waals surface area contributed by atoms with Crippen molar-refractivity contribution in [1.29, 1.82) is 0 Å². The van der Waals surface area contributed by atoms with Crippen molar-refractivity contribution in [1.82, 2.24) is 15.6 Å². The number of nitrogens with zero attached hydrogens (tertiary/aromatic N) is 2. The van der Waals surface area contributed by atoms with Crippen molar-refractivity contribution in [2.45, 2.75) is 26.3 Å². The SMILES string of the molecule is CN=C(NCCCCSC)NCc1ncccc1C.I. The summed E-state index contributed by atoms with van der Waals surface area (Å²) in [5.74, 6) is 2.06.